The fourth-order valence-corrected chi connectivity index (χ4v) is 8.94. The molecular weight excluding hydrogens is 964 g/mol. The van der Waals surface area contributed by atoms with Gasteiger partial charge in [-0.15, -0.1) is 0 Å². The maximum atomic E-state index is 13.4. The summed E-state index contributed by atoms with van der Waals surface area (Å²) in [5, 5.41) is 2.97. The van der Waals surface area contributed by atoms with Crippen molar-refractivity contribution in [2.24, 2.45) is 0 Å². The van der Waals surface area contributed by atoms with Gasteiger partial charge in [-0.1, -0.05) is 240 Å². The molecule has 76 heavy (non-hydrogen) atoms. The van der Waals surface area contributed by atoms with Gasteiger partial charge in [-0.05, 0) is 102 Å². The van der Waals surface area contributed by atoms with E-state index in [0.29, 0.717) is 23.9 Å². The first-order valence-corrected chi connectivity index (χ1v) is 32.2. The number of nitrogens with one attached hydrogen (secondary N) is 1. The van der Waals surface area contributed by atoms with E-state index in [0.717, 1.165) is 109 Å². The highest BCUT2D eigenvalue weighted by molar-refractivity contribution is 7.45. The van der Waals surface area contributed by atoms with E-state index in [1.54, 1.807) is 0 Å². The van der Waals surface area contributed by atoms with Crippen LogP contribution in [0.15, 0.2) is 109 Å². The second-order valence-corrected chi connectivity index (χ2v) is 22.9. The number of carbonyl (C=O) groups excluding carboxylic acids is 2. The van der Waals surface area contributed by atoms with E-state index < -0.39 is 26.6 Å². The van der Waals surface area contributed by atoms with Crippen LogP contribution in [0.2, 0.25) is 0 Å². The molecule has 9 nitrogen and oxygen atoms in total. The van der Waals surface area contributed by atoms with Gasteiger partial charge in [-0.25, -0.2) is 0 Å². The molecular formula is C66H115N2O7P. The van der Waals surface area contributed by atoms with Crippen LogP contribution in [0.1, 0.15) is 245 Å². The Morgan fingerprint density at radius 3 is 1.29 bits per heavy atom. The zero-order chi connectivity index (χ0) is 55.7. The normalized spacial score (nSPS) is 14.5. The van der Waals surface area contributed by atoms with E-state index in [1.165, 1.54) is 89.9 Å². The lowest BCUT2D eigenvalue weighted by atomic mass is 10.1. The molecule has 0 aromatic carbocycles. The third kappa shape index (κ3) is 55.4. The van der Waals surface area contributed by atoms with Gasteiger partial charge in [0.2, 0.25) is 5.91 Å². The van der Waals surface area contributed by atoms with E-state index in [-0.39, 0.29) is 31.3 Å². The number of quaternary nitrogens is 1. The fourth-order valence-electron chi connectivity index (χ4n) is 8.22. The highest BCUT2D eigenvalue weighted by Crippen LogP contribution is 2.38. The third-order valence-corrected chi connectivity index (χ3v) is 13.9. The quantitative estimate of drug-likeness (QED) is 0.0212. The van der Waals surface area contributed by atoms with E-state index in [9.17, 15) is 19.0 Å². The summed E-state index contributed by atoms with van der Waals surface area (Å²) in [6, 6.07) is -0.931. The summed E-state index contributed by atoms with van der Waals surface area (Å²) in [5.41, 5.74) is 0. The Balaban J connectivity index is 5.27. The van der Waals surface area contributed by atoms with Crippen LogP contribution in [0.5, 0.6) is 0 Å². The van der Waals surface area contributed by atoms with Crippen LogP contribution in [-0.2, 0) is 27.9 Å². The maximum absolute atomic E-state index is 13.4. The summed E-state index contributed by atoms with van der Waals surface area (Å²) in [5.74, 6) is -0.643. The number of hydrogen-bond donors (Lipinski definition) is 1. The summed E-state index contributed by atoms with van der Waals surface area (Å²) in [6.07, 6.45) is 75.0. The molecule has 0 bridgehead atoms. The number of allylic oxidation sites excluding steroid dienone is 17. The minimum absolute atomic E-state index is 0.0392. The van der Waals surface area contributed by atoms with Crippen LogP contribution >= 0.6 is 7.82 Å². The molecule has 10 heteroatoms. The molecule has 0 radical (unpaired) electrons. The van der Waals surface area contributed by atoms with Gasteiger partial charge in [0.15, 0.2) is 0 Å². The maximum Gasteiger partial charge on any atom is 0.306 e. The molecule has 0 aliphatic rings. The largest absolute Gasteiger partial charge is 0.756 e. The molecule has 436 valence electrons. The fraction of sp³-hybridized carbons (Fsp3) is 0.697. The van der Waals surface area contributed by atoms with Gasteiger partial charge in [-0.3, -0.25) is 14.2 Å². The van der Waals surface area contributed by atoms with Crippen molar-refractivity contribution in [2.45, 2.75) is 258 Å². The molecule has 0 saturated carbocycles. The number of nitrogens with zero attached hydrogens (tertiary/aromatic N) is 1. The first-order valence-electron chi connectivity index (χ1n) is 30.7. The Labute approximate surface area is 468 Å². The van der Waals surface area contributed by atoms with Crippen molar-refractivity contribution in [3.63, 3.8) is 0 Å². The number of unbranched alkanes of at least 4 members (excludes halogenated alkanes) is 22. The molecule has 0 heterocycles. The molecule has 0 aliphatic heterocycles. The summed E-state index contributed by atoms with van der Waals surface area (Å²) >= 11 is 0. The lowest BCUT2D eigenvalue weighted by molar-refractivity contribution is -0.870. The Hall–Kier alpha value is -3.33. The number of phosphoric acid groups is 1. The molecule has 0 spiro atoms. The van der Waals surface area contributed by atoms with Crippen molar-refractivity contribution in [2.75, 3.05) is 40.9 Å². The number of ether oxygens (including phenoxy) is 1. The second kappa shape index (κ2) is 55.0. The average Bonchev–Trinajstić information content (AvgIpc) is 3.38. The number of amides is 1. The number of carbonyl (C=O) groups is 2. The topological polar surface area (TPSA) is 114 Å². The minimum atomic E-state index is -4.72. The van der Waals surface area contributed by atoms with Crippen molar-refractivity contribution < 1.29 is 37.3 Å². The molecule has 1 amide bonds. The number of rotatable bonds is 54. The molecule has 1 N–H and O–H groups in total. The Bertz CT molecular complexity index is 1670. The van der Waals surface area contributed by atoms with Gasteiger partial charge in [0.05, 0.1) is 33.8 Å². The first-order chi connectivity index (χ1) is 36.9. The van der Waals surface area contributed by atoms with Crippen LogP contribution < -0.4 is 10.2 Å². The Morgan fingerprint density at radius 1 is 0.474 bits per heavy atom. The molecule has 0 rings (SSSR count). The van der Waals surface area contributed by atoms with E-state index in [1.807, 2.05) is 39.4 Å². The van der Waals surface area contributed by atoms with E-state index >= 15 is 0 Å². The minimum Gasteiger partial charge on any atom is -0.756 e. The van der Waals surface area contributed by atoms with Gasteiger partial charge in [0.25, 0.3) is 7.82 Å². The second-order valence-electron chi connectivity index (χ2n) is 21.5. The van der Waals surface area contributed by atoms with E-state index in [2.05, 4.69) is 117 Å². The summed E-state index contributed by atoms with van der Waals surface area (Å²) in [7, 11) is 1.13. The van der Waals surface area contributed by atoms with Crippen LogP contribution in [0.25, 0.3) is 0 Å². The summed E-state index contributed by atoms with van der Waals surface area (Å²) < 4.78 is 30.2. The molecule has 0 aliphatic carbocycles. The van der Waals surface area contributed by atoms with Crippen LogP contribution in [0, 0.1) is 0 Å². The van der Waals surface area contributed by atoms with Gasteiger partial charge < -0.3 is 28.5 Å². The Morgan fingerprint density at radius 2 is 0.855 bits per heavy atom. The van der Waals surface area contributed by atoms with Gasteiger partial charge in [0, 0.05) is 12.8 Å². The highest BCUT2D eigenvalue weighted by atomic mass is 31.2. The number of phosphoric ester groups is 1. The standard InChI is InChI=1S/C66H115N2O7P/c1-7-10-13-16-19-22-25-28-29-30-31-32-33-34-35-36-37-38-39-41-44-47-50-53-56-59-66(70)75-64(57-54-51-48-45-42-27-24-21-18-15-12-9-3)63(62-74-76(71,72)73-61-60-68(4,5)6)67-65(69)58-55-52-49-46-43-40-26-23-20-17-14-11-8-2/h10,13,19,22,28-29,31-32,34-35,37-38,40,43,49,52,54,57,63-64H,7-9,11-12,14-18,20-21,23-27,30,33,36,39,41-42,44-48,50-51,53,55-56,58-62H2,1-6H3,(H-,67,69,71,72)/b13-10-,22-19-,29-28-,32-31-,35-34-,38-37-,43-40-,52-49+,57-54-. The number of hydrogen-bond acceptors (Lipinski definition) is 7. The van der Waals surface area contributed by atoms with Crippen molar-refractivity contribution >= 4 is 19.7 Å². The summed E-state index contributed by atoms with van der Waals surface area (Å²) in [6.45, 7) is 6.65. The molecule has 0 fully saturated rings. The molecule has 3 atom stereocenters. The van der Waals surface area contributed by atoms with Crippen LogP contribution in [0.3, 0.4) is 0 Å². The third-order valence-electron chi connectivity index (χ3n) is 13.0. The lowest BCUT2D eigenvalue weighted by Crippen LogP contribution is -2.47. The predicted molar refractivity (Wildman–Crippen MR) is 325 cm³/mol. The molecule has 0 aromatic heterocycles. The van der Waals surface area contributed by atoms with Gasteiger partial charge in [0.1, 0.15) is 19.3 Å². The Kier molecular flexibility index (Phi) is 52.6. The van der Waals surface area contributed by atoms with Crippen molar-refractivity contribution in [3.8, 4) is 0 Å². The SMILES string of the molecule is CC/C=C\C/C=C\C/C=C\C/C=C\C/C=C\C/C=C\CCCCCCCCC(=O)OC(/C=C\CCCCCCCCCCCC)C(COP(=O)([O-])OCC[N+](C)(C)C)NC(=O)CC/C=C/C/C=C\CCCCCCCC. The smallest absolute Gasteiger partial charge is 0.306 e. The molecule has 0 saturated heterocycles. The first kappa shape index (κ1) is 72.7. The molecule has 3 unspecified atom stereocenters. The predicted octanol–water partition coefficient (Wildman–Crippen LogP) is 18.3. The molecule has 0 aromatic rings. The van der Waals surface area contributed by atoms with Crippen molar-refractivity contribution in [1.82, 2.24) is 5.32 Å². The monoisotopic (exact) mass is 1080 g/mol. The van der Waals surface area contributed by atoms with Crippen LogP contribution in [0.4, 0.5) is 0 Å². The number of likely N-dealkylation sites (N-methyl/N-ethyl adjacent to an activating group) is 1. The summed E-state index contributed by atoms with van der Waals surface area (Å²) in [4.78, 5) is 39.9. The zero-order valence-corrected chi connectivity index (χ0v) is 50.6. The number of esters is 1. The van der Waals surface area contributed by atoms with Crippen LogP contribution in [-0.4, -0.2) is 69.4 Å². The van der Waals surface area contributed by atoms with E-state index in [4.69, 9.17) is 13.8 Å². The van der Waals surface area contributed by atoms with Gasteiger partial charge >= 0.3 is 5.97 Å². The van der Waals surface area contributed by atoms with Gasteiger partial charge in [-0.2, -0.15) is 0 Å². The zero-order valence-electron chi connectivity index (χ0n) is 49.7. The highest BCUT2D eigenvalue weighted by Gasteiger charge is 2.27. The average molecular weight is 1080 g/mol. The van der Waals surface area contributed by atoms with Crippen molar-refractivity contribution in [1.29, 1.82) is 0 Å². The van der Waals surface area contributed by atoms with Crippen molar-refractivity contribution in [3.05, 3.63) is 109 Å². The lowest BCUT2D eigenvalue weighted by Gasteiger charge is -2.30.